The van der Waals surface area contributed by atoms with Crippen LogP contribution in [0, 0.1) is 0 Å². The number of rotatable bonds is 10. The molecule has 0 aliphatic carbocycles. The molecule has 0 bridgehead atoms. The summed E-state index contributed by atoms with van der Waals surface area (Å²) < 4.78 is 5.90. The van der Waals surface area contributed by atoms with Gasteiger partial charge >= 0.3 is 0 Å². The van der Waals surface area contributed by atoms with Gasteiger partial charge in [0.1, 0.15) is 11.1 Å². The van der Waals surface area contributed by atoms with Crippen molar-refractivity contribution >= 4 is 10.8 Å². The van der Waals surface area contributed by atoms with Gasteiger partial charge in [0.25, 0.3) is 0 Å². The van der Waals surface area contributed by atoms with Crippen LogP contribution < -0.4 is 10.1 Å². The second-order valence-corrected chi connectivity index (χ2v) is 10.3. The smallest absolute Gasteiger partial charge is 0.218 e. The Kier molecular flexibility index (Phi) is 7.99. The highest BCUT2D eigenvalue weighted by Gasteiger charge is 2.55. The van der Waals surface area contributed by atoms with Crippen molar-refractivity contribution in [3.8, 4) is 17.0 Å². The van der Waals surface area contributed by atoms with Crippen LogP contribution in [0.25, 0.3) is 21.9 Å². The van der Waals surface area contributed by atoms with Crippen LogP contribution in [-0.2, 0) is 11.1 Å². The second-order valence-electron chi connectivity index (χ2n) is 10.3. The molecule has 0 radical (unpaired) electrons. The van der Waals surface area contributed by atoms with E-state index >= 15 is 0 Å². The molecule has 0 saturated heterocycles. The van der Waals surface area contributed by atoms with E-state index in [1.807, 2.05) is 98.0 Å². The lowest BCUT2D eigenvalue weighted by Gasteiger charge is -2.49. The maximum absolute atomic E-state index is 13.4. The van der Waals surface area contributed by atoms with Crippen molar-refractivity contribution in [2.24, 2.45) is 0 Å². The number of aliphatic hydroxyl groups excluding tert-OH is 1. The van der Waals surface area contributed by atoms with E-state index in [1.165, 1.54) is 0 Å². The Morgan fingerprint density at radius 2 is 1.48 bits per heavy atom. The molecule has 5 rings (SSSR count). The van der Waals surface area contributed by atoms with Crippen LogP contribution in [0.2, 0.25) is 0 Å². The summed E-state index contributed by atoms with van der Waals surface area (Å²) in [5.41, 5.74) is 1.48. The lowest BCUT2D eigenvalue weighted by atomic mass is 9.64. The van der Waals surface area contributed by atoms with Gasteiger partial charge in [-0.25, -0.2) is 4.98 Å². The van der Waals surface area contributed by atoms with Gasteiger partial charge in [-0.2, -0.15) is 0 Å². The Morgan fingerprint density at radius 1 is 0.825 bits per heavy atom. The van der Waals surface area contributed by atoms with Crippen LogP contribution in [0.1, 0.15) is 36.5 Å². The maximum atomic E-state index is 13.4. The lowest BCUT2D eigenvalue weighted by molar-refractivity contribution is -0.0568. The zero-order valence-corrected chi connectivity index (χ0v) is 23.2. The first-order valence-corrected chi connectivity index (χ1v) is 13.7. The topological polar surface area (TPSA) is 74.6 Å². The molecule has 3 N–H and O–H groups in total. The van der Waals surface area contributed by atoms with Crippen molar-refractivity contribution in [2.75, 3.05) is 14.2 Å². The van der Waals surface area contributed by atoms with Crippen LogP contribution in [0.4, 0.5) is 0 Å². The average Bonchev–Trinajstić information content (AvgIpc) is 3.01. The van der Waals surface area contributed by atoms with Crippen LogP contribution in [0.15, 0.2) is 115 Å². The number of methoxy groups -OCH3 is 1. The third-order valence-corrected chi connectivity index (χ3v) is 7.92. The van der Waals surface area contributed by atoms with Crippen molar-refractivity contribution in [3.05, 3.63) is 132 Å². The SMILES string of the molecule is CNC(c1ccccc1)(c1cc(-c2ccccc2)cnc1OC)C(O)(CCC(C)O)c1cccc2ccccc12. The normalized spacial score (nSPS) is 15.2. The van der Waals surface area contributed by atoms with Gasteiger partial charge in [0.15, 0.2) is 0 Å². The van der Waals surface area contributed by atoms with E-state index in [1.54, 1.807) is 20.2 Å². The molecule has 40 heavy (non-hydrogen) atoms. The van der Waals surface area contributed by atoms with Gasteiger partial charge < -0.3 is 20.3 Å². The Balaban J connectivity index is 1.90. The van der Waals surface area contributed by atoms with Crippen LogP contribution >= 0.6 is 0 Å². The van der Waals surface area contributed by atoms with Crippen molar-refractivity contribution in [1.29, 1.82) is 0 Å². The second kappa shape index (κ2) is 11.6. The molecule has 0 saturated carbocycles. The Bertz CT molecular complexity index is 1570. The fraction of sp³-hybridized carbons (Fsp3) is 0.229. The molecule has 0 aliphatic heterocycles. The first-order chi connectivity index (χ1) is 19.4. The Morgan fingerprint density at radius 3 is 2.15 bits per heavy atom. The van der Waals surface area contributed by atoms with E-state index in [-0.39, 0.29) is 6.42 Å². The fourth-order valence-corrected chi connectivity index (χ4v) is 5.99. The minimum Gasteiger partial charge on any atom is -0.481 e. The van der Waals surface area contributed by atoms with E-state index < -0.39 is 17.2 Å². The predicted molar refractivity (Wildman–Crippen MR) is 161 cm³/mol. The zero-order chi connectivity index (χ0) is 28.2. The highest BCUT2D eigenvalue weighted by Crippen LogP contribution is 2.52. The number of pyridine rings is 1. The van der Waals surface area contributed by atoms with Gasteiger partial charge in [0.2, 0.25) is 5.88 Å². The van der Waals surface area contributed by atoms with Crippen LogP contribution in [-0.4, -0.2) is 35.5 Å². The molecule has 3 unspecified atom stereocenters. The number of ether oxygens (including phenoxy) is 1. The van der Waals surface area contributed by atoms with Gasteiger partial charge in [-0.05, 0) is 60.3 Å². The monoisotopic (exact) mass is 532 g/mol. The summed E-state index contributed by atoms with van der Waals surface area (Å²) >= 11 is 0. The lowest BCUT2D eigenvalue weighted by Crippen LogP contribution is -2.58. The summed E-state index contributed by atoms with van der Waals surface area (Å²) in [4.78, 5) is 4.75. The van der Waals surface area contributed by atoms with Crippen molar-refractivity contribution in [2.45, 2.75) is 37.0 Å². The minimum absolute atomic E-state index is 0.271. The Labute approximate surface area is 236 Å². The predicted octanol–water partition coefficient (Wildman–Crippen LogP) is 6.42. The number of fused-ring (bicyclic) bond motifs is 1. The third kappa shape index (κ3) is 4.77. The van der Waals surface area contributed by atoms with Gasteiger partial charge in [0.05, 0.1) is 13.2 Å². The van der Waals surface area contributed by atoms with Crippen molar-refractivity contribution < 1.29 is 14.9 Å². The van der Waals surface area contributed by atoms with E-state index in [0.717, 1.165) is 33.0 Å². The zero-order valence-electron chi connectivity index (χ0n) is 23.2. The van der Waals surface area contributed by atoms with Crippen molar-refractivity contribution in [3.63, 3.8) is 0 Å². The summed E-state index contributed by atoms with van der Waals surface area (Å²) in [6, 6.07) is 36.2. The highest BCUT2D eigenvalue weighted by atomic mass is 16.5. The molecule has 1 aromatic heterocycles. The van der Waals surface area contributed by atoms with Gasteiger partial charge in [0, 0.05) is 17.3 Å². The van der Waals surface area contributed by atoms with Crippen LogP contribution in [0.3, 0.4) is 0 Å². The summed E-state index contributed by atoms with van der Waals surface area (Å²) in [6.45, 7) is 1.76. The molecule has 3 atom stereocenters. The molecule has 4 aromatic carbocycles. The number of nitrogens with zero attached hydrogens (tertiary/aromatic N) is 1. The molecule has 1 heterocycles. The molecular formula is C35H36N2O3. The van der Waals surface area contributed by atoms with Gasteiger partial charge in [-0.1, -0.05) is 103 Å². The standard InChI is InChI=1S/C35H36N2O3/c1-25(38)21-22-34(39,31-20-12-16-27-15-10-11-19-30(27)31)35(36-2,29-17-8-5-9-18-29)32-23-28(24-37-33(32)40-3)26-13-6-4-7-14-26/h4-20,23-25,36,38-39H,21-22H2,1-3H3. The fourth-order valence-electron chi connectivity index (χ4n) is 5.99. The van der Waals surface area contributed by atoms with E-state index in [2.05, 4.69) is 23.5 Å². The largest absolute Gasteiger partial charge is 0.481 e. The number of hydrogen-bond donors (Lipinski definition) is 3. The first kappa shape index (κ1) is 27.5. The quantitative estimate of drug-likeness (QED) is 0.194. The summed E-state index contributed by atoms with van der Waals surface area (Å²) in [5, 5.41) is 29.4. The van der Waals surface area contributed by atoms with E-state index in [4.69, 9.17) is 9.72 Å². The summed E-state index contributed by atoms with van der Waals surface area (Å²) in [6.07, 6.45) is 1.84. The number of hydrogen-bond acceptors (Lipinski definition) is 5. The molecule has 5 aromatic rings. The maximum Gasteiger partial charge on any atom is 0.218 e. The number of likely N-dealkylation sites (N-methyl/N-ethyl adjacent to an activating group) is 1. The molecule has 0 aliphatic rings. The number of nitrogens with one attached hydrogen (secondary N) is 1. The van der Waals surface area contributed by atoms with E-state index in [9.17, 15) is 10.2 Å². The first-order valence-electron chi connectivity index (χ1n) is 13.7. The molecular weight excluding hydrogens is 496 g/mol. The minimum atomic E-state index is -1.54. The van der Waals surface area contributed by atoms with Gasteiger partial charge in [-0.15, -0.1) is 0 Å². The van der Waals surface area contributed by atoms with Gasteiger partial charge in [-0.3, -0.25) is 0 Å². The van der Waals surface area contributed by atoms with Crippen molar-refractivity contribution in [1.82, 2.24) is 10.3 Å². The van der Waals surface area contributed by atoms with Crippen LogP contribution in [0.5, 0.6) is 5.88 Å². The Hall–Kier alpha value is -4.03. The summed E-state index contributed by atoms with van der Waals surface area (Å²) in [5.74, 6) is 0.411. The number of aromatic nitrogens is 1. The average molecular weight is 533 g/mol. The molecule has 0 amide bonds. The number of aliphatic hydroxyl groups is 2. The molecule has 0 fully saturated rings. The molecule has 5 nitrogen and oxygen atoms in total. The highest BCUT2D eigenvalue weighted by molar-refractivity contribution is 5.87. The molecule has 204 valence electrons. The summed E-state index contributed by atoms with van der Waals surface area (Å²) in [7, 11) is 3.46. The third-order valence-electron chi connectivity index (χ3n) is 7.92. The molecule has 5 heteroatoms. The van der Waals surface area contributed by atoms with E-state index in [0.29, 0.717) is 17.9 Å². The molecule has 0 spiro atoms. The number of benzene rings is 4.